The monoisotopic (exact) mass is 540 g/mol. The highest BCUT2D eigenvalue weighted by Gasteiger charge is 2.63. The second kappa shape index (κ2) is 8.15. The lowest BCUT2D eigenvalue weighted by Gasteiger charge is -2.62. The van der Waals surface area contributed by atoms with Gasteiger partial charge in [-0.2, -0.15) is 8.78 Å². The maximum absolute atomic E-state index is 13.6. The molecule has 0 N–H and O–H groups in total. The van der Waals surface area contributed by atoms with Crippen molar-refractivity contribution in [1.29, 1.82) is 0 Å². The second-order valence-electron chi connectivity index (χ2n) is 15.1. The minimum Gasteiger partial charge on any atom is -0.454 e. The average molecular weight is 541 g/mol. The first-order valence-corrected chi connectivity index (χ1v) is 17.7. The summed E-state index contributed by atoms with van der Waals surface area (Å²) in [6.45, 7) is 7.68. The topological polar surface area (TPSA) is 71.1 Å². The Bertz CT molecular complexity index is 943. The zero-order valence-electron chi connectivity index (χ0n) is 22.7. The van der Waals surface area contributed by atoms with Crippen LogP contribution in [-0.4, -0.2) is 49.8 Å². The van der Waals surface area contributed by atoms with E-state index >= 15 is 0 Å². The van der Waals surface area contributed by atoms with Crippen LogP contribution >= 0.6 is 0 Å². The van der Waals surface area contributed by atoms with Crippen LogP contribution in [0.3, 0.4) is 0 Å². The van der Waals surface area contributed by atoms with Gasteiger partial charge in [-0.15, -0.1) is 0 Å². The van der Waals surface area contributed by atoms with Crippen molar-refractivity contribution in [3.8, 4) is 0 Å². The Balaban J connectivity index is 1.12. The van der Waals surface area contributed by atoms with Crippen molar-refractivity contribution in [2.75, 3.05) is 6.61 Å². The summed E-state index contributed by atoms with van der Waals surface area (Å²) in [5, 5.41) is 0. The van der Waals surface area contributed by atoms with E-state index in [1.54, 1.807) is 0 Å². The molecule has 0 saturated heterocycles. The average Bonchev–Trinajstić information content (AvgIpc) is 2.67. The Morgan fingerprint density at radius 2 is 1.27 bits per heavy atom. The maximum Gasteiger partial charge on any atom is 0.508 e. The van der Waals surface area contributed by atoms with Gasteiger partial charge >= 0.3 is 18.0 Å². The van der Waals surface area contributed by atoms with Crippen LogP contribution in [0, 0.1) is 29.1 Å². The highest BCUT2D eigenvalue weighted by molar-refractivity contribution is 6.69. The molecule has 0 radical (unpaired) electrons. The largest absolute Gasteiger partial charge is 0.508 e. The molecule has 8 aliphatic carbocycles. The van der Waals surface area contributed by atoms with Gasteiger partial charge in [0.15, 0.2) is 8.32 Å². The maximum atomic E-state index is 13.6. The summed E-state index contributed by atoms with van der Waals surface area (Å²) in [5.41, 5.74) is -1.89. The lowest BCUT2D eigenvalue weighted by atomic mass is 9.48. The van der Waals surface area contributed by atoms with E-state index in [0.29, 0.717) is 51.0 Å². The molecule has 8 bridgehead atoms. The molecule has 6 nitrogen and oxygen atoms in total. The fourth-order valence-electron chi connectivity index (χ4n) is 10.3. The molecule has 0 aromatic rings. The van der Waals surface area contributed by atoms with Crippen molar-refractivity contribution in [2.45, 2.75) is 126 Å². The molecule has 208 valence electrons. The van der Waals surface area contributed by atoms with Crippen LogP contribution in [0.2, 0.25) is 19.6 Å². The number of carbonyl (C=O) groups is 2. The van der Waals surface area contributed by atoms with Gasteiger partial charge in [0.05, 0.1) is 5.60 Å². The lowest BCUT2D eigenvalue weighted by molar-refractivity contribution is -0.236. The third-order valence-corrected chi connectivity index (χ3v) is 11.1. The van der Waals surface area contributed by atoms with Crippen molar-refractivity contribution in [1.82, 2.24) is 0 Å². The minimum absolute atomic E-state index is 0.0479. The van der Waals surface area contributed by atoms with Gasteiger partial charge in [0.1, 0.15) is 17.8 Å². The molecule has 8 aliphatic rings. The van der Waals surface area contributed by atoms with Gasteiger partial charge in [-0.1, -0.05) is 0 Å². The minimum atomic E-state index is -3.54. The predicted molar refractivity (Wildman–Crippen MR) is 134 cm³/mol. The molecule has 0 spiro atoms. The summed E-state index contributed by atoms with van der Waals surface area (Å²) < 4.78 is 51.5. The van der Waals surface area contributed by atoms with E-state index in [-0.39, 0.29) is 29.3 Å². The van der Waals surface area contributed by atoms with E-state index in [9.17, 15) is 18.4 Å². The Kier molecular flexibility index (Phi) is 5.73. The summed E-state index contributed by atoms with van der Waals surface area (Å²) in [5.74, 6) is -3.35. The number of halogens is 2. The van der Waals surface area contributed by atoms with E-state index in [1.807, 2.05) is 0 Å². The van der Waals surface area contributed by atoms with Crippen LogP contribution < -0.4 is 0 Å². The van der Waals surface area contributed by atoms with Crippen molar-refractivity contribution in [3.05, 3.63) is 0 Å². The Morgan fingerprint density at radius 1 is 0.784 bits per heavy atom. The summed E-state index contributed by atoms with van der Waals surface area (Å²) in [7, 11) is -1.71. The van der Waals surface area contributed by atoms with E-state index in [2.05, 4.69) is 19.6 Å². The molecule has 0 amide bonds. The predicted octanol–water partition coefficient (Wildman–Crippen LogP) is 6.62. The first-order valence-electron chi connectivity index (χ1n) is 14.2. The van der Waals surface area contributed by atoms with E-state index in [1.165, 1.54) is 6.42 Å². The fraction of sp³-hybridized carbons (Fsp3) is 0.929. The zero-order chi connectivity index (χ0) is 26.5. The van der Waals surface area contributed by atoms with Crippen molar-refractivity contribution in [2.24, 2.45) is 29.1 Å². The number of rotatable bonds is 7. The Morgan fingerprint density at radius 3 is 1.78 bits per heavy atom. The number of esters is 1. The van der Waals surface area contributed by atoms with Gasteiger partial charge in [0.25, 0.3) is 0 Å². The van der Waals surface area contributed by atoms with Gasteiger partial charge in [0.2, 0.25) is 0 Å². The number of hydrogen-bond acceptors (Lipinski definition) is 6. The normalized spacial score (nSPS) is 45.7. The highest BCUT2D eigenvalue weighted by atomic mass is 28.4. The first-order chi connectivity index (χ1) is 17.1. The van der Waals surface area contributed by atoms with Gasteiger partial charge < -0.3 is 18.6 Å². The van der Waals surface area contributed by atoms with Gasteiger partial charge in [-0.05, 0) is 114 Å². The van der Waals surface area contributed by atoms with Crippen molar-refractivity contribution >= 4 is 20.4 Å². The third kappa shape index (κ3) is 4.96. The number of alkyl halides is 2. The lowest BCUT2D eigenvalue weighted by Crippen LogP contribution is -2.62. The highest BCUT2D eigenvalue weighted by Crippen LogP contribution is 2.64. The molecule has 0 aromatic carbocycles. The van der Waals surface area contributed by atoms with Crippen LogP contribution in [0.25, 0.3) is 0 Å². The van der Waals surface area contributed by atoms with Crippen LogP contribution in [-0.2, 0) is 23.4 Å². The van der Waals surface area contributed by atoms with Crippen LogP contribution in [0.4, 0.5) is 13.6 Å². The standard InChI is InChI=1S/C28H42F2O6Si/c1-24(29,30)22(31)34-26-9-20-6-21(10-26)12-27(11-20,16-26)35-23(32)33-17-25-7-18-5-19(8-25)14-28(13-18,15-25)36-37(2,3)4/h18-21H,5-17H2,1-4H3. The number of ether oxygens (including phenoxy) is 3. The molecule has 0 aliphatic heterocycles. The van der Waals surface area contributed by atoms with Crippen LogP contribution in [0.5, 0.6) is 0 Å². The molecule has 9 heteroatoms. The summed E-state index contributed by atoms with van der Waals surface area (Å²) in [6, 6.07) is 0. The Hall–Kier alpha value is -1.22. The molecule has 0 aromatic heterocycles. The quantitative estimate of drug-likeness (QED) is 0.267. The summed E-state index contributed by atoms with van der Waals surface area (Å²) in [4.78, 5) is 25.2. The Labute approximate surface area is 219 Å². The van der Waals surface area contributed by atoms with Crippen LogP contribution in [0.1, 0.15) is 84.0 Å². The molecule has 4 atom stereocenters. The molecule has 8 saturated carbocycles. The summed E-state index contributed by atoms with van der Waals surface area (Å²) in [6.07, 6.45) is 9.70. The second-order valence-corrected chi connectivity index (χ2v) is 19.5. The van der Waals surface area contributed by atoms with E-state index in [4.69, 9.17) is 18.6 Å². The molecule has 4 unspecified atom stereocenters. The van der Waals surface area contributed by atoms with Gasteiger partial charge in [-0.3, -0.25) is 0 Å². The summed E-state index contributed by atoms with van der Waals surface area (Å²) >= 11 is 0. The third-order valence-electron chi connectivity index (χ3n) is 10.1. The number of hydrogen-bond donors (Lipinski definition) is 0. The van der Waals surface area contributed by atoms with Crippen molar-refractivity contribution < 1.29 is 37.0 Å². The van der Waals surface area contributed by atoms with Crippen LogP contribution in [0.15, 0.2) is 0 Å². The van der Waals surface area contributed by atoms with Crippen molar-refractivity contribution in [3.63, 3.8) is 0 Å². The van der Waals surface area contributed by atoms with Gasteiger partial charge in [0, 0.05) is 18.8 Å². The smallest absolute Gasteiger partial charge is 0.454 e. The van der Waals surface area contributed by atoms with Gasteiger partial charge in [-0.25, -0.2) is 9.59 Å². The molecule has 37 heavy (non-hydrogen) atoms. The molecular weight excluding hydrogens is 498 g/mol. The van der Waals surface area contributed by atoms with E-state index < -0.39 is 37.6 Å². The molecular formula is C28H42F2O6Si. The molecule has 0 heterocycles. The molecule has 8 rings (SSSR count). The SMILES string of the molecule is CC(F)(F)C(=O)OC12CC3CC(CC(OC(=O)OCC45CC6CC(C4)CC(O[Si](C)(C)C)(C6)C5)(C3)C1)C2. The van der Waals surface area contributed by atoms with E-state index in [0.717, 1.165) is 38.5 Å². The number of carbonyl (C=O) groups excluding carboxylic acids is 2. The fourth-order valence-corrected chi connectivity index (χ4v) is 11.9. The zero-order valence-corrected chi connectivity index (χ0v) is 23.7. The first kappa shape index (κ1) is 26.0. The molecule has 8 fully saturated rings.